The molecule has 0 radical (unpaired) electrons. The number of amides is 1. The fourth-order valence-electron chi connectivity index (χ4n) is 1.45. The van der Waals surface area contributed by atoms with Crippen LogP contribution in [0.1, 0.15) is 12.8 Å². The highest BCUT2D eigenvalue weighted by molar-refractivity contribution is 7.86. The molecule has 0 saturated heterocycles. The first kappa shape index (κ1) is 12.4. The van der Waals surface area contributed by atoms with Gasteiger partial charge in [-0.2, -0.15) is 0 Å². The van der Waals surface area contributed by atoms with E-state index in [1.54, 1.807) is 18.2 Å². The Bertz CT molecular complexity index is 454. The summed E-state index contributed by atoms with van der Waals surface area (Å²) in [5, 5.41) is 3.11. The summed E-state index contributed by atoms with van der Waals surface area (Å²) in [7, 11) is -1.49. The molecule has 17 heavy (non-hydrogen) atoms. The number of rotatable bonds is 4. The van der Waals surface area contributed by atoms with Gasteiger partial charge in [0.2, 0.25) is 5.91 Å². The number of carbonyl (C=O) groups excluding carboxylic acids is 1. The van der Waals surface area contributed by atoms with Gasteiger partial charge in [0.25, 0.3) is 0 Å². The van der Waals surface area contributed by atoms with Crippen molar-refractivity contribution >= 4 is 34.0 Å². The van der Waals surface area contributed by atoms with Gasteiger partial charge in [0, 0.05) is 11.7 Å². The zero-order valence-corrected chi connectivity index (χ0v) is 10.7. The molecule has 1 saturated carbocycles. The van der Waals surface area contributed by atoms with Crippen molar-refractivity contribution in [3.05, 3.63) is 23.2 Å². The van der Waals surface area contributed by atoms with E-state index in [1.807, 2.05) is 0 Å². The van der Waals surface area contributed by atoms with Gasteiger partial charge in [0.1, 0.15) is 5.75 Å². The van der Waals surface area contributed by atoms with E-state index >= 15 is 0 Å². The molecule has 92 valence electrons. The van der Waals surface area contributed by atoms with Gasteiger partial charge in [-0.05, 0) is 25.0 Å². The lowest BCUT2D eigenvalue weighted by atomic mass is 10.3. The second kappa shape index (κ2) is 5.06. The van der Waals surface area contributed by atoms with Crippen LogP contribution in [0.5, 0.6) is 0 Å². The number of hydrogen-bond acceptors (Lipinski definition) is 3. The van der Waals surface area contributed by atoms with Crippen LogP contribution in [0, 0.1) is 0 Å². The van der Waals surface area contributed by atoms with Gasteiger partial charge in [0.15, 0.2) is 0 Å². The number of anilines is 1. The fourth-order valence-corrected chi connectivity index (χ4v) is 2.98. The smallest absolute Gasteiger partial charge is 0.233 e. The molecule has 1 fully saturated rings. The van der Waals surface area contributed by atoms with Crippen molar-refractivity contribution in [2.45, 2.75) is 23.8 Å². The summed E-state index contributed by atoms with van der Waals surface area (Å²) in [5.41, 5.74) is 6.06. The highest BCUT2D eigenvalue weighted by atomic mass is 35.5. The molecule has 3 N–H and O–H groups in total. The lowest BCUT2D eigenvalue weighted by Gasteiger charge is -2.07. The molecule has 1 aromatic carbocycles. The first-order chi connectivity index (χ1) is 8.08. The first-order valence-electron chi connectivity index (χ1n) is 5.29. The van der Waals surface area contributed by atoms with Gasteiger partial charge in [-0.3, -0.25) is 9.00 Å². The van der Waals surface area contributed by atoms with Crippen LogP contribution in [0.15, 0.2) is 23.1 Å². The van der Waals surface area contributed by atoms with Gasteiger partial charge in [-0.15, -0.1) is 0 Å². The van der Waals surface area contributed by atoms with E-state index in [9.17, 15) is 9.00 Å². The Hall–Kier alpha value is -1.07. The van der Waals surface area contributed by atoms with Crippen molar-refractivity contribution in [1.82, 2.24) is 5.32 Å². The van der Waals surface area contributed by atoms with E-state index in [0.717, 1.165) is 12.8 Å². The molecule has 1 aliphatic rings. The van der Waals surface area contributed by atoms with Gasteiger partial charge in [-0.25, -0.2) is 0 Å². The molecule has 4 nitrogen and oxygen atoms in total. The molecule has 1 amide bonds. The third kappa shape index (κ3) is 3.20. The molecule has 1 aliphatic carbocycles. The average Bonchev–Trinajstić information content (AvgIpc) is 3.00. The van der Waals surface area contributed by atoms with Crippen LogP contribution in [0.2, 0.25) is 5.02 Å². The summed E-state index contributed by atoms with van der Waals surface area (Å²) in [5.74, 6) is -0.310. The van der Waals surface area contributed by atoms with Gasteiger partial charge in [0.05, 0.1) is 20.7 Å². The molecule has 2 rings (SSSR count). The van der Waals surface area contributed by atoms with Crippen LogP contribution in [-0.4, -0.2) is 21.9 Å². The fraction of sp³-hybridized carbons (Fsp3) is 0.364. The van der Waals surface area contributed by atoms with Crippen molar-refractivity contribution < 1.29 is 9.00 Å². The molecule has 0 heterocycles. The molecule has 0 spiro atoms. The highest BCUT2D eigenvalue weighted by Gasteiger charge is 2.24. The van der Waals surface area contributed by atoms with Crippen LogP contribution < -0.4 is 11.1 Å². The summed E-state index contributed by atoms with van der Waals surface area (Å²) in [6.07, 6.45) is 2.01. The lowest BCUT2D eigenvalue weighted by molar-refractivity contribution is -0.118. The number of hydrogen-bond donors (Lipinski definition) is 2. The molecule has 0 aliphatic heterocycles. The predicted octanol–water partition coefficient (Wildman–Crippen LogP) is 1.31. The standard InChI is InChI=1S/C11H13ClN2O2S/c12-8-2-1-3-9(13)11(8)17(16)6-10(15)14-7-4-5-7/h1-3,7H,4-6,13H2,(H,14,15). The summed E-state index contributed by atoms with van der Waals surface area (Å²) >= 11 is 5.92. The van der Waals surface area contributed by atoms with Crippen LogP contribution in [0.4, 0.5) is 5.69 Å². The number of nitrogens with two attached hydrogens (primary N) is 1. The largest absolute Gasteiger partial charge is 0.398 e. The SMILES string of the molecule is Nc1cccc(Cl)c1S(=O)CC(=O)NC1CC1. The van der Waals surface area contributed by atoms with Crippen molar-refractivity contribution in [1.29, 1.82) is 0 Å². The van der Waals surface area contributed by atoms with Crippen LogP contribution >= 0.6 is 11.6 Å². The van der Waals surface area contributed by atoms with Gasteiger partial charge in [-0.1, -0.05) is 17.7 Å². The minimum Gasteiger partial charge on any atom is -0.398 e. The molecule has 0 bridgehead atoms. The van der Waals surface area contributed by atoms with Crippen molar-refractivity contribution in [3.8, 4) is 0 Å². The maximum atomic E-state index is 12.0. The van der Waals surface area contributed by atoms with E-state index in [0.29, 0.717) is 15.6 Å². The normalized spacial score (nSPS) is 16.5. The van der Waals surface area contributed by atoms with Gasteiger partial charge >= 0.3 is 0 Å². The molecular formula is C11H13ClN2O2S. The zero-order valence-electron chi connectivity index (χ0n) is 9.11. The van der Waals surface area contributed by atoms with E-state index < -0.39 is 10.8 Å². The number of carbonyl (C=O) groups is 1. The van der Waals surface area contributed by atoms with Crippen molar-refractivity contribution in [2.75, 3.05) is 11.5 Å². The quantitative estimate of drug-likeness (QED) is 0.812. The Kier molecular flexibility index (Phi) is 3.69. The number of halogens is 1. The number of nitrogen functional groups attached to an aromatic ring is 1. The average molecular weight is 273 g/mol. The number of benzene rings is 1. The summed E-state index contributed by atoms with van der Waals surface area (Å²) in [4.78, 5) is 11.9. The molecular weight excluding hydrogens is 260 g/mol. The van der Waals surface area contributed by atoms with E-state index in [-0.39, 0.29) is 17.7 Å². The summed E-state index contributed by atoms with van der Waals surface area (Å²) in [6, 6.07) is 5.19. The molecule has 1 aromatic rings. The van der Waals surface area contributed by atoms with Crippen molar-refractivity contribution in [2.24, 2.45) is 0 Å². The third-order valence-electron chi connectivity index (χ3n) is 2.43. The van der Waals surface area contributed by atoms with E-state index in [2.05, 4.69) is 5.32 Å². The first-order valence-corrected chi connectivity index (χ1v) is 6.99. The molecule has 1 unspecified atom stereocenters. The van der Waals surface area contributed by atoms with E-state index in [1.165, 1.54) is 0 Å². The molecule has 6 heteroatoms. The van der Waals surface area contributed by atoms with Crippen molar-refractivity contribution in [3.63, 3.8) is 0 Å². The second-order valence-electron chi connectivity index (χ2n) is 3.99. The molecule has 0 aromatic heterocycles. The second-order valence-corrected chi connectivity index (χ2v) is 5.79. The zero-order chi connectivity index (χ0) is 12.4. The summed E-state index contributed by atoms with van der Waals surface area (Å²) < 4.78 is 12.0. The minimum atomic E-state index is -1.49. The van der Waals surface area contributed by atoms with E-state index in [4.69, 9.17) is 17.3 Å². The van der Waals surface area contributed by atoms with Crippen LogP contribution in [0.25, 0.3) is 0 Å². The minimum absolute atomic E-state index is 0.0928. The van der Waals surface area contributed by atoms with Crippen LogP contribution in [-0.2, 0) is 15.6 Å². The third-order valence-corrected chi connectivity index (χ3v) is 4.29. The topological polar surface area (TPSA) is 72.2 Å². The highest BCUT2D eigenvalue weighted by Crippen LogP contribution is 2.26. The summed E-state index contributed by atoms with van der Waals surface area (Å²) in [6.45, 7) is 0. The Morgan fingerprint density at radius 2 is 2.24 bits per heavy atom. The molecule has 1 atom stereocenters. The number of nitrogens with one attached hydrogen (secondary N) is 1. The Morgan fingerprint density at radius 3 is 2.82 bits per heavy atom. The van der Waals surface area contributed by atoms with Gasteiger partial charge < -0.3 is 11.1 Å². The van der Waals surface area contributed by atoms with Crippen LogP contribution in [0.3, 0.4) is 0 Å². The Balaban J connectivity index is 2.05. The predicted molar refractivity (Wildman–Crippen MR) is 68.3 cm³/mol. The Labute approximate surface area is 107 Å². The lowest BCUT2D eigenvalue weighted by Crippen LogP contribution is -2.30. The monoisotopic (exact) mass is 272 g/mol. The maximum Gasteiger partial charge on any atom is 0.233 e. The maximum absolute atomic E-state index is 12.0. The Morgan fingerprint density at radius 1 is 1.53 bits per heavy atom.